The second kappa shape index (κ2) is 7.32. The molecule has 1 atom stereocenters. The summed E-state index contributed by atoms with van der Waals surface area (Å²) in [6, 6.07) is 12.4. The van der Waals surface area contributed by atoms with Crippen LogP contribution in [0, 0.1) is 5.92 Å². The third-order valence-corrected chi connectivity index (χ3v) is 4.01. The highest BCUT2D eigenvalue weighted by Gasteiger charge is 2.23. The quantitative estimate of drug-likeness (QED) is 0.759. The van der Waals surface area contributed by atoms with E-state index in [1.807, 2.05) is 6.07 Å². The molecule has 0 aliphatic carbocycles. The van der Waals surface area contributed by atoms with Crippen LogP contribution in [0.3, 0.4) is 0 Å². The molecule has 0 spiro atoms. The molecular formula is C18H17N5O3. The van der Waals surface area contributed by atoms with E-state index in [1.165, 1.54) is 0 Å². The Morgan fingerprint density at radius 2 is 2.08 bits per heavy atom. The van der Waals surface area contributed by atoms with Gasteiger partial charge in [-0.1, -0.05) is 0 Å². The van der Waals surface area contributed by atoms with Crippen LogP contribution in [-0.4, -0.2) is 39.1 Å². The first-order chi connectivity index (χ1) is 12.8. The zero-order chi connectivity index (χ0) is 17.8. The van der Waals surface area contributed by atoms with Crippen LogP contribution < -0.4 is 10.1 Å². The molecule has 8 heteroatoms. The summed E-state index contributed by atoms with van der Waals surface area (Å²) in [5.74, 6) is 1.50. The minimum atomic E-state index is -0.0745. The Hall–Kier alpha value is -3.26. The van der Waals surface area contributed by atoms with Crippen molar-refractivity contribution in [1.29, 1.82) is 0 Å². The molecule has 3 aromatic rings. The number of carbonyl (C=O) groups excluding carboxylic acids is 1. The Morgan fingerprint density at radius 3 is 2.73 bits per heavy atom. The number of nitrogens with one attached hydrogen (secondary N) is 1. The van der Waals surface area contributed by atoms with Gasteiger partial charge in [-0.3, -0.25) is 4.79 Å². The van der Waals surface area contributed by atoms with E-state index in [1.54, 1.807) is 53.5 Å². The van der Waals surface area contributed by atoms with E-state index < -0.39 is 0 Å². The number of aromatic nitrogens is 4. The van der Waals surface area contributed by atoms with E-state index in [2.05, 4.69) is 20.6 Å². The van der Waals surface area contributed by atoms with Gasteiger partial charge in [-0.05, 0) is 42.8 Å². The molecule has 0 radical (unpaired) electrons. The Labute approximate surface area is 149 Å². The number of nitrogens with zero attached hydrogens (tertiary/aromatic N) is 4. The fourth-order valence-corrected chi connectivity index (χ4v) is 2.61. The Balaban J connectivity index is 1.37. The van der Waals surface area contributed by atoms with E-state index in [0.29, 0.717) is 30.7 Å². The molecule has 4 rings (SSSR count). The summed E-state index contributed by atoms with van der Waals surface area (Å²) in [6.07, 6.45) is 4.22. The van der Waals surface area contributed by atoms with Crippen LogP contribution in [0.1, 0.15) is 6.42 Å². The molecule has 132 valence electrons. The number of benzene rings is 1. The predicted molar refractivity (Wildman–Crippen MR) is 93.2 cm³/mol. The average molecular weight is 351 g/mol. The third-order valence-electron chi connectivity index (χ3n) is 4.01. The van der Waals surface area contributed by atoms with Crippen molar-refractivity contribution < 1.29 is 14.3 Å². The highest BCUT2D eigenvalue weighted by molar-refractivity contribution is 5.92. The largest absolute Gasteiger partial charge is 0.438 e. The molecule has 1 N–H and O–H groups in total. The maximum Gasteiger partial charge on any atom is 0.238 e. The van der Waals surface area contributed by atoms with E-state index in [0.717, 1.165) is 12.1 Å². The standard InChI is InChI=1S/C18H17N5O3/c24-18(13-8-11-25-12-13)20-14-2-4-15(5-3-14)26-17-7-6-16(21-22-17)23-10-1-9-19-23/h1-7,9-10,13H,8,11-12H2,(H,20,24). The lowest BCUT2D eigenvalue weighted by Gasteiger charge is -2.10. The van der Waals surface area contributed by atoms with Gasteiger partial charge in [0.25, 0.3) is 0 Å². The highest BCUT2D eigenvalue weighted by atomic mass is 16.5. The SMILES string of the molecule is O=C(Nc1ccc(Oc2ccc(-n3cccn3)nn2)cc1)C1CCOC1. The number of hydrogen-bond acceptors (Lipinski definition) is 6. The predicted octanol–water partition coefficient (Wildman–Crippen LogP) is 2.43. The number of ether oxygens (including phenoxy) is 2. The molecule has 1 fully saturated rings. The molecule has 1 saturated heterocycles. The molecular weight excluding hydrogens is 334 g/mol. The van der Waals surface area contributed by atoms with Crippen molar-refractivity contribution in [1.82, 2.24) is 20.0 Å². The number of amides is 1. The minimum Gasteiger partial charge on any atom is -0.438 e. The molecule has 3 heterocycles. The summed E-state index contributed by atoms with van der Waals surface area (Å²) >= 11 is 0. The van der Waals surface area contributed by atoms with Crippen LogP contribution in [0.5, 0.6) is 11.6 Å². The van der Waals surface area contributed by atoms with Gasteiger partial charge in [-0.2, -0.15) is 5.10 Å². The number of rotatable bonds is 5. The summed E-state index contributed by atoms with van der Waals surface area (Å²) in [5, 5.41) is 15.1. The van der Waals surface area contributed by atoms with Gasteiger partial charge < -0.3 is 14.8 Å². The van der Waals surface area contributed by atoms with Crippen LogP contribution in [0.15, 0.2) is 54.9 Å². The first-order valence-electron chi connectivity index (χ1n) is 8.28. The second-order valence-corrected chi connectivity index (χ2v) is 5.86. The van der Waals surface area contributed by atoms with Crippen molar-refractivity contribution in [2.75, 3.05) is 18.5 Å². The average Bonchev–Trinajstić information content (AvgIpc) is 3.38. The number of carbonyl (C=O) groups is 1. The summed E-state index contributed by atoms with van der Waals surface area (Å²) < 4.78 is 12.5. The maximum atomic E-state index is 12.1. The summed E-state index contributed by atoms with van der Waals surface area (Å²) in [5.41, 5.74) is 0.717. The lowest BCUT2D eigenvalue weighted by molar-refractivity contribution is -0.119. The van der Waals surface area contributed by atoms with Gasteiger partial charge in [-0.25, -0.2) is 4.68 Å². The first kappa shape index (κ1) is 16.2. The van der Waals surface area contributed by atoms with Crippen LogP contribution in [0.4, 0.5) is 5.69 Å². The van der Waals surface area contributed by atoms with Crippen LogP contribution in [0.25, 0.3) is 5.82 Å². The van der Waals surface area contributed by atoms with Crippen LogP contribution >= 0.6 is 0 Å². The topological polar surface area (TPSA) is 91.2 Å². The van der Waals surface area contributed by atoms with Gasteiger partial charge in [0.05, 0.1) is 12.5 Å². The Kier molecular flexibility index (Phi) is 4.57. The fraction of sp³-hybridized carbons (Fsp3) is 0.222. The van der Waals surface area contributed by atoms with Gasteiger partial charge in [0.1, 0.15) is 5.75 Å². The van der Waals surface area contributed by atoms with Gasteiger partial charge in [-0.15, -0.1) is 10.2 Å². The van der Waals surface area contributed by atoms with Gasteiger partial charge in [0, 0.05) is 30.8 Å². The van der Waals surface area contributed by atoms with Crippen molar-refractivity contribution in [3.05, 3.63) is 54.9 Å². The number of hydrogen-bond donors (Lipinski definition) is 1. The Bertz CT molecular complexity index is 857. The normalized spacial score (nSPS) is 16.4. The molecule has 1 aliphatic rings. The lowest BCUT2D eigenvalue weighted by atomic mass is 10.1. The molecule has 1 unspecified atom stereocenters. The zero-order valence-electron chi connectivity index (χ0n) is 13.9. The molecule has 1 aliphatic heterocycles. The summed E-state index contributed by atoms with van der Waals surface area (Å²) in [6.45, 7) is 1.13. The van der Waals surface area contributed by atoms with E-state index in [9.17, 15) is 4.79 Å². The lowest BCUT2D eigenvalue weighted by Crippen LogP contribution is -2.22. The summed E-state index contributed by atoms with van der Waals surface area (Å²) in [7, 11) is 0. The number of anilines is 1. The molecule has 1 amide bonds. The molecule has 2 aromatic heterocycles. The molecule has 8 nitrogen and oxygen atoms in total. The van der Waals surface area contributed by atoms with Crippen molar-refractivity contribution in [2.24, 2.45) is 5.92 Å². The van der Waals surface area contributed by atoms with Crippen molar-refractivity contribution in [3.8, 4) is 17.4 Å². The summed E-state index contributed by atoms with van der Waals surface area (Å²) in [4.78, 5) is 12.1. The molecule has 1 aromatic carbocycles. The molecule has 0 saturated carbocycles. The minimum absolute atomic E-state index is 0.0174. The van der Waals surface area contributed by atoms with Crippen molar-refractivity contribution in [2.45, 2.75) is 6.42 Å². The van der Waals surface area contributed by atoms with E-state index >= 15 is 0 Å². The van der Waals surface area contributed by atoms with Crippen LogP contribution in [0.2, 0.25) is 0 Å². The first-order valence-corrected chi connectivity index (χ1v) is 8.28. The third kappa shape index (κ3) is 3.70. The molecule has 26 heavy (non-hydrogen) atoms. The second-order valence-electron chi connectivity index (χ2n) is 5.86. The van der Waals surface area contributed by atoms with Crippen molar-refractivity contribution in [3.63, 3.8) is 0 Å². The molecule has 0 bridgehead atoms. The maximum absolute atomic E-state index is 12.1. The Morgan fingerprint density at radius 1 is 1.19 bits per heavy atom. The van der Waals surface area contributed by atoms with Crippen LogP contribution in [-0.2, 0) is 9.53 Å². The van der Waals surface area contributed by atoms with Gasteiger partial charge in [0.2, 0.25) is 11.8 Å². The smallest absolute Gasteiger partial charge is 0.238 e. The van der Waals surface area contributed by atoms with Crippen molar-refractivity contribution >= 4 is 11.6 Å². The van der Waals surface area contributed by atoms with E-state index in [4.69, 9.17) is 9.47 Å². The van der Waals surface area contributed by atoms with E-state index in [-0.39, 0.29) is 11.8 Å². The highest BCUT2D eigenvalue weighted by Crippen LogP contribution is 2.22. The monoisotopic (exact) mass is 351 g/mol. The van der Waals surface area contributed by atoms with Gasteiger partial charge >= 0.3 is 0 Å². The zero-order valence-corrected chi connectivity index (χ0v) is 13.9. The fourth-order valence-electron chi connectivity index (χ4n) is 2.61. The van der Waals surface area contributed by atoms with Gasteiger partial charge in [0.15, 0.2) is 5.82 Å².